The Labute approximate surface area is 222 Å². The summed E-state index contributed by atoms with van der Waals surface area (Å²) in [5, 5.41) is 46.3. The highest BCUT2D eigenvalue weighted by molar-refractivity contribution is 9.10. The third-order valence-electron chi connectivity index (χ3n) is 5.80. The number of carboxylic acids is 2. The maximum absolute atomic E-state index is 12.8. The Morgan fingerprint density at radius 2 is 1.76 bits per heavy atom. The van der Waals surface area contributed by atoms with E-state index in [4.69, 9.17) is 26.2 Å². The summed E-state index contributed by atoms with van der Waals surface area (Å²) in [7, 11) is 0. The highest BCUT2D eigenvalue weighted by Gasteiger charge is 2.29. The van der Waals surface area contributed by atoms with Gasteiger partial charge in [-0.1, -0.05) is 0 Å². The van der Waals surface area contributed by atoms with Crippen LogP contribution < -0.4 is 11.1 Å². The van der Waals surface area contributed by atoms with Crippen LogP contribution >= 0.6 is 15.9 Å². The van der Waals surface area contributed by atoms with E-state index in [1.807, 2.05) is 26.0 Å². The molecule has 0 unspecified atom stereocenters. The number of anilines is 1. The largest absolute Gasteiger partial charge is 0.479 e. The van der Waals surface area contributed by atoms with Gasteiger partial charge in [0.25, 0.3) is 5.91 Å². The van der Waals surface area contributed by atoms with Crippen molar-refractivity contribution < 1.29 is 39.9 Å². The summed E-state index contributed by atoms with van der Waals surface area (Å²) in [6, 6.07) is 5.43. The van der Waals surface area contributed by atoms with Crippen LogP contribution in [0.1, 0.15) is 37.0 Å². The minimum Gasteiger partial charge on any atom is -0.479 e. The van der Waals surface area contributed by atoms with Gasteiger partial charge >= 0.3 is 11.9 Å². The average Bonchev–Trinajstić information content (AvgIpc) is 2.84. The molecule has 1 aliphatic heterocycles. The zero-order valence-corrected chi connectivity index (χ0v) is 22.2. The molecular formula is C24H33BrN4O8. The molecule has 0 saturated carbocycles. The number of hydrogen-bond donors (Lipinski definition) is 7. The molecule has 1 saturated heterocycles. The number of halogens is 1. The van der Waals surface area contributed by atoms with Crippen LogP contribution in [0.25, 0.3) is 10.9 Å². The van der Waals surface area contributed by atoms with Crippen LogP contribution in [0.3, 0.4) is 0 Å². The van der Waals surface area contributed by atoms with E-state index < -0.39 is 29.7 Å². The Balaban J connectivity index is 0.000000410. The molecule has 1 fully saturated rings. The first-order valence-corrected chi connectivity index (χ1v) is 12.4. The number of aliphatic hydroxyl groups excluding tert-OH is 2. The number of pyridine rings is 1. The van der Waals surface area contributed by atoms with Crippen LogP contribution in [0.2, 0.25) is 0 Å². The van der Waals surface area contributed by atoms with Crippen LogP contribution in [0.15, 0.2) is 28.9 Å². The number of aliphatic carboxylic acids is 2. The van der Waals surface area contributed by atoms with Crippen LogP contribution in [0, 0.1) is 5.92 Å². The second-order valence-electron chi connectivity index (χ2n) is 9.53. The van der Waals surface area contributed by atoms with Gasteiger partial charge in [-0.15, -0.1) is 0 Å². The highest BCUT2D eigenvalue weighted by atomic mass is 79.9. The van der Waals surface area contributed by atoms with Crippen molar-refractivity contribution in [1.29, 1.82) is 0 Å². The molecule has 12 nitrogen and oxygen atoms in total. The number of carboxylic acid groups (broad SMARTS) is 2. The Bertz CT molecular complexity index is 1100. The lowest BCUT2D eigenvalue weighted by atomic mass is 9.95. The molecule has 2 atom stereocenters. The minimum absolute atomic E-state index is 0.127. The lowest BCUT2D eigenvalue weighted by Gasteiger charge is -2.35. The Hall–Kier alpha value is -2.84. The summed E-state index contributed by atoms with van der Waals surface area (Å²) in [5.41, 5.74) is 7.17. The standard InChI is InChI=1S/C20H27BrN4O2.C4H6O6/c1-20(2,27)12-25-8-5-13(6-9-25)11-24-19(26)15-10-16(21)17(22)14-4-3-7-23-18(14)15;5-1(3(7)8)2(6)4(9)10/h3-4,7,10,13,27H,5-6,8-9,11-12,22H2,1-2H3,(H,24,26);1-2,5-6H,(H,7,8)(H,9,10)/t;1-,2-/m.1/s1. The van der Waals surface area contributed by atoms with Crippen LogP contribution in [-0.2, 0) is 9.59 Å². The summed E-state index contributed by atoms with van der Waals surface area (Å²) >= 11 is 3.43. The molecule has 204 valence electrons. The smallest absolute Gasteiger partial charge is 0.335 e. The fraction of sp³-hybridized carbons (Fsp3) is 0.500. The monoisotopic (exact) mass is 584 g/mol. The van der Waals surface area contributed by atoms with Crippen molar-refractivity contribution in [3.05, 3.63) is 34.4 Å². The number of nitrogens with one attached hydrogen (secondary N) is 1. The molecule has 8 N–H and O–H groups in total. The number of likely N-dealkylation sites (tertiary alicyclic amines) is 1. The van der Waals surface area contributed by atoms with E-state index in [0.717, 1.165) is 31.3 Å². The van der Waals surface area contributed by atoms with E-state index in [2.05, 4.69) is 31.1 Å². The number of carbonyl (C=O) groups excluding carboxylic acids is 1. The summed E-state index contributed by atoms with van der Waals surface area (Å²) in [5.74, 6) is -3.22. The molecule has 3 rings (SSSR count). The van der Waals surface area contributed by atoms with Crippen molar-refractivity contribution in [2.24, 2.45) is 5.92 Å². The van der Waals surface area contributed by atoms with Gasteiger partial charge in [-0.2, -0.15) is 0 Å². The van der Waals surface area contributed by atoms with Gasteiger partial charge in [-0.05, 0) is 79.8 Å². The first kappa shape index (κ1) is 30.4. The van der Waals surface area contributed by atoms with Gasteiger partial charge in [0.05, 0.1) is 22.4 Å². The minimum atomic E-state index is -2.27. The number of benzene rings is 1. The molecule has 0 radical (unpaired) electrons. The second kappa shape index (κ2) is 13.1. The number of nitrogen functional groups attached to an aromatic ring is 1. The third-order valence-corrected chi connectivity index (χ3v) is 6.46. The number of nitrogens with two attached hydrogens (primary N) is 1. The van der Waals surface area contributed by atoms with Gasteiger partial charge in [0.1, 0.15) is 0 Å². The quantitative estimate of drug-likeness (QED) is 0.214. The fourth-order valence-electron chi connectivity index (χ4n) is 3.91. The van der Waals surface area contributed by atoms with Crippen molar-refractivity contribution >= 4 is 50.4 Å². The van der Waals surface area contributed by atoms with Crippen molar-refractivity contribution in [2.75, 3.05) is 31.9 Å². The second-order valence-corrected chi connectivity index (χ2v) is 10.4. The first-order chi connectivity index (χ1) is 17.2. The number of amides is 1. The number of aliphatic hydroxyl groups is 3. The van der Waals surface area contributed by atoms with Crippen LogP contribution in [0.5, 0.6) is 0 Å². The number of aromatic nitrogens is 1. The summed E-state index contributed by atoms with van der Waals surface area (Å²) in [6.07, 6.45) is -0.832. The van der Waals surface area contributed by atoms with Crippen molar-refractivity contribution in [1.82, 2.24) is 15.2 Å². The van der Waals surface area contributed by atoms with Crippen molar-refractivity contribution in [2.45, 2.75) is 44.5 Å². The number of β-amino-alcohol motifs (C(OH)–C–C–N with tert-alkyl or cyclic N) is 1. The Morgan fingerprint density at radius 1 is 1.19 bits per heavy atom. The predicted octanol–water partition coefficient (Wildman–Crippen LogP) is 0.670. The van der Waals surface area contributed by atoms with Gasteiger partial charge in [-0.25, -0.2) is 9.59 Å². The lowest BCUT2D eigenvalue weighted by molar-refractivity contribution is -0.165. The van der Waals surface area contributed by atoms with E-state index in [1.165, 1.54) is 0 Å². The molecule has 37 heavy (non-hydrogen) atoms. The molecule has 2 heterocycles. The molecule has 0 spiro atoms. The SMILES string of the molecule is CC(C)(O)CN1CCC(CNC(=O)c2cc(Br)c(N)c3cccnc23)CC1.O=C(O)[C@H](O)[C@@H](O)C(=O)O. The molecule has 1 amide bonds. The van der Waals surface area contributed by atoms with Gasteiger partial charge in [0.2, 0.25) is 0 Å². The topological polar surface area (TPSA) is 207 Å². The summed E-state index contributed by atoms with van der Waals surface area (Å²) in [6.45, 7) is 6.89. The van der Waals surface area contributed by atoms with Gasteiger partial charge in [0, 0.05) is 29.1 Å². The summed E-state index contributed by atoms with van der Waals surface area (Å²) in [4.78, 5) is 38.9. The third kappa shape index (κ3) is 8.90. The number of nitrogens with zero attached hydrogens (tertiary/aromatic N) is 2. The first-order valence-electron chi connectivity index (χ1n) is 11.6. The number of carbonyl (C=O) groups is 3. The van der Waals surface area contributed by atoms with Crippen LogP contribution in [0.4, 0.5) is 5.69 Å². The molecule has 0 aliphatic carbocycles. The number of fused-ring (bicyclic) bond motifs is 1. The normalized spacial score (nSPS) is 16.4. The number of hydrogen-bond acceptors (Lipinski definition) is 9. The van der Waals surface area contributed by atoms with E-state index in [1.54, 1.807) is 12.3 Å². The maximum atomic E-state index is 12.8. The van der Waals surface area contributed by atoms with Gasteiger partial charge < -0.3 is 41.5 Å². The molecule has 1 aromatic heterocycles. The van der Waals surface area contributed by atoms with E-state index in [-0.39, 0.29) is 5.91 Å². The van der Waals surface area contributed by atoms with E-state index in [0.29, 0.717) is 40.2 Å². The molecule has 1 aliphatic rings. The molecule has 13 heteroatoms. The predicted molar refractivity (Wildman–Crippen MR) is 139 cm³/mol. The zero-order valence-electron chi connectivity index (χ0n) is 20.6. The lowest BCUT2D eigenvalue weighted by Crippen LogP contribution is -2.44. The Kier molecular flexibility index (Phi) is 10.8. The number of rotatable bonds is 8. The fourth-order valence-corrected chi connectivity index (χ4v) is 4.35. The Morgan fingerprint density at radius 3 is 2.27 bits per heavy atom. The maximum Gasteiger partial charge on any atom is 0.335 e. The molecule has 2 aromatic rings. The molecule has 0 bridgehead atoms. The van der Waals surface area contributed by atoms with E-state index >= 15 is 0 Å². The number of piperidine rings is 1. The van der Waals surface area contributed by atoms with Crippen LogP contribution in [-0.4, -0.2) is 97.3 Å². The average molecular weight is 585 g/mol. The van der Waals surface area contributed by atoms with Gasteiger partial charge in [0.15, 0.2) is 12.2 Å². The zero-order chi connectivity index (χ0) is 27.9. The molecular weight excluding hydrogens is 552 g/mol. The van der Waals surface area contributed by atoms with Gasteiger partial charge in [-0.3, -0.25) is 9.78 Å². The van der Waals surface area contributed by atoms with Crippen molar-refractivity contribution in [3.63, 3.8) is 0 Å². The summed E-state index contributed by atoms with van der Waals surface area (Å²) < 4.78 is 0.702. The van der Waals surface area contributed by atoms with Crippen molar-refractivity contribution in [3.8, 4) is 0 Å². The molecule has 1 aromatic carbocycles. The van der Waals surface area contributed by atoms with E-state index in [9.17, 15) is 19.5 Å². The highest BCUT2D eigenvalue weighted by Crippen LogP contribution is 2.30.